The molecule has 3 N–H and O–H groups in total. The van der Waals surface area contributed by atoms with Gasteiger partial charge in [-0.3, -0.25) is 4.79 Å². The summed E-state index contributed by atoms with van der Waals surface area (Å²) in [6, 6.07) is 6.14. The molecule has 0 fully saturated rings. The van der Waals surface area contributed by atoms with Crippen LogP contribution in [-0.4, -0.2) is 51.3 Å². The first-order valence-electron chi connectivity index (χ1n) is 9.54. The fourth-order valence-electron chi connectivity index (χ4n) is 2.23. The van der Waals surface area contributed by atoms with E-state index in [-0.39, 0.29) is 18.6 Å². The van der Waals surface area contributed by atoms with Crippen LogP contribution in [0.3, 0.4) is 0 Å². The maximum Gasteiger partial charge on any atom is 0.239 e. The summed E-state index contributed by atoms with van der Waals surface area (Å²) < 4.78 is 11.0. The number of aryl methyl sites for hydroxylation is 1. The first kappa shape index (κ1) is 22.8. The normalized spacial score (nSPS) is 12.4. The summed E-state index contributed by atoms with van der Waals surface area (Å²) in [5.41, 5.74) is 2.17. The highest BCUT2D eigenvalue weighted by Gasteiger charge is 2.09. The van der Waals surface area contributed by atoms with Gasteiger partial charge in [-0.05, 0) is 38.8 Å². The molecule has 152 valence electrons. The topological polar surface area (TPSA) is 84.0 Å². The minimum absolute atomic E-state index is 0.103. The van der Waals surface area contributed by atoms with Crippen LogP contribution in [0.25, 0.3) is 0 Å². The average Bonchev–Trinajstić information content (AvgIpc) is 2.65. The molecule has 1 atom stereocenters. The summed E-state index contributed by atoms with van der Waals surface area (Å²) in [6.07, 6.45) is 1.09. The van der Waals surface area contributed by atoms with Crippen LogP contribution in [0.15, 0.2) is 23.2 Å². The summed E-state index contributed by atoms with van der Waals surface area (Å²) in [5.74, 6) is 1.35. The van der Waals surface area contributed by atoms with Gasteiger partial charge in [0.1, 0.15) is 5.75 Å². The van der Waals surface area contributed by atoms with Crippen molar-refractivity contribution in [3.05, 3.63) is 29.3 Å². The van der Waals surface area contributed by atoms with Crippen LogP contribution < -0.4 is 20.7 Å². The van der Waals surface area contributed by atoms with Gasteiger partial charge in [0.25, 0.3) is 0 Å². The Morgan fingerprint density at radius 3 is 2.67 bits per heavy atom. The highest BCUT2D eigenvalue weighted by atomic mass is 16.5. The minimum Gasteiger partial charge on any atom is -0.490 e. The van der Waals surface area contributed by atoms with Gasteiger partial charge in [0.05, 0.1) is 25.8 Å². The smallest absolute Gasteiger partial charge is 0.239 e. The molecular weight excluding hydrogens is 344 g/mol. The van der Waals surface area contributed by atoms with E-state index in [2.05, 4.69) is 40.9 Å². The van der Waals surface area contributed by atoms with E-state index in [1.807, 2.05) is 26.0 Å². The number of carbonyl (C=O) groups is 1. The number of methoxy groups -OCH3 is 1. The molecule has 0 aliphatic carbocycles. The Bertz CT molecular complexity index is 605. The van der Waals surface area contributed by atoms with Crippen LogP contribution in [0.4, 0.5) is 0 Å². The summed E-state index contributed by atoms with van der Waals surface area (Å²) in [4.78, 5) is 16.4. The third-order valence-electron chi connectivity index (χ3n) is 3.92. The number of rotatable bonds is 11. The van der Waals surface area contributed by atoms with E-state index in [0.717, 1.165) is 23.3 Å². The van der Waals surface area contributed by atoms with Gasteiger partial charge in [-0.2, -0.15) is 0 Å². The van der Waals surface area contributed by atoms with Gasteiger partial charge < -0.3 is 25.4 Å². The zero-order valence-corrected chi connectivity index (χ0v) is 17.2. The van der Waals surface area contributed by atoms with Gasteiger partial charge in [0, 0.05) is 25.8 Å². The second-order valence-corrected chi connectivity index (χ2v) is 6.34. The number of guanidine groups is 1. The van der Waals surface area contributed by atoms with Gasteiger partial charge in [-0.1, -0.05) is 19.1 Å². The third kappa shape index (κ3) is 9.28. The maximum atomic E-state index is 11.8. The van der Waals surface area contributed by atoms with Gasteiger partial charge in [-0.25, -0.2) is 4.99 Å². The lowest BCUT2D eigenvalue weighted by molar-refractivity contribution is -0.120. The van der Waals surface area contributed by atoms with Crippen LogP contribution in [0.2, 0.25) is 0 Å². The number of benzene rings is 1. The SMILES string of the molecule is CCNC(=NCc1ccc(C)cc1OC(C)CC)NCC(=O)NCCOC. The van der Waals surface area contributed by atoms with E-state index in [1.54, 1.807) is 7.11 Å². The summed E-state index contributed by atoms with van der Waals surface area (Å²) in [7, 11) is 1.60. The van der Waals surface area contributed by atoms with E-state index in [1.165, 1.54) is 0 Å². The van der Waals surface area contributed by atoms with Crippen LogP contribution in [-0.2, 0) is 16.1 Å². The Kier molecular flexibility index (Phi) is 10.9. The molecule has 0 radical (unpaired) electrons. The first-order valence-corrected chi connectivity index (χ1v) is 9.54. The van der Waals surface area contributed by atoms with Gasteiger partial charge in [0.2, 0.25) is 5.91 Å². The van der Waals surface area contributed by atoms with Crippen LogP contribution >= 0.6 is 0 Å². The van der Waals surface area contributed by atoms with Crippen molar-refractivity contribution in [2.75, 3.05) is 33.4 Å². The standard InChI is InChI=1S/C20H34N4O3/c1-6-16(4)27-18-12-15(3)8-9-17(18)13-23-20(21-7-2)24-14-19(25)22-10-11-26-5/h8-9,12,16H,6-7,10-11,13-14H2,1-5H3,(H,22,25)(H2,21,23,24). The molecule has 1 amide bonds. The fourth-order valence-corrected chi connectivity index (χ4v) is 2.23. The molecule has 1 unspecified atom stereocenters. The molecule has 1 aromatic rings. The zero-order valence-electron chi connectivity index (χ0n) is 17.2. The number of ether oxygens (including phenoxy) is 2. The third-order valence-corrected chi connectivity index (χ3v) is 3.92. The maximum absolute atomic E-state index is 11.8. The molecule has 0 aromatic heterocycles. The fraction of sp³-hybridized carbons (Fsp3) is 0.600. The molecule has 27 heavy (non-hydrogen) atoms. The molecule has 7 heteroatoms. The van der Waals surface area contributed by atoms with Crippen molar-refractivity contribution in [1.29, 1.82) is 0 Å². The highest BCUT2D eigenvalue weighted by molar-refractivity contribution is 5.86. The van der Waals surface area contributed by atoms with Crippen molar-refractivity contribution in [3.8, 4) is 5.75 Å². The van der Waals surface area contributed by atoms with Crippen molar-refractivity contribution in [2.45, 2.75) is 46.8 Å². The van der Waals surface area contributed by atoms with E-state index >= 15 is 0 Å². The lowest BCUT2D eigenvalue weighted by atomic mass is 10.1. The predicted octanol–water partition coefficient (Wildman–Crippen LogP) is 1.99. The van der Waals surface area contributed by atoms with E-state index in [4.69, 9.17) is 9.47 Å². The van der Waals surface area contributed by atoms with E-state index < -0.39 is 0 Å². The van der Waals surface area contributed by atoms with Crippen molar-refractivity contribution in [3.63, 3.8) is 0 Å². The number of amides is 1. The predicted molar refractivity (Wildman–Crippen MR) is 109 cm³/mol. The summed E-state index contributed by atoms with van der Waals surface area (Å²) in [6.45, 7) is 10.5. The number of carbonyl (C=O) groups excluding carboxylic acids is 1. The molecule has 0 bridgehead atoms. The Labute approximate surface area is 162 Å². The van der Waals surface area contributed by atoms with Crippen molar-refractivity contribution >= 4 is 11.9 Å². The quantitative estimate of drug-likeness (QED) is 0.312. The average molecular weight is 379 g/mol. The molecule has 1 rings (SSSR count). The van der Waals surface area contributed by atoms with Crippen molar-refractivity contribution < 1.29 is 14.3 Å². The lowest BCUT2D eigenvalue weighted by Gasteiger charge is -2.17. The van der Waals surface area contributed by atoms with E-state index in [0.29, 0.717) is 32.2 Å². The Hall–Kier alpha value is -2.28. The van der Waals surface area contributed by atoms with Crippen molar-refractivity contribution in [2.24, 2.45) is 4.99 Å². The molecular formula is C20H34N4O3. The van der Waals surface area contributed by atoms with Gasteiger partial charge >= 0.3 is 0 Å². The minimum atomic E-state index is -0.103. The number of aliphatic imine (C=N–C) groups is 1. The summed E-state index contributed by atoms with van der Waals surface area (Å²) in [5, 5.41) is 8.97. The van der Waals surface area contributed by atoms with Crippen LogP contribution in [0.1, 0.15) is 38.3 Å². The molecule has 0 spiro atoms. The number of nitrogens with zero attached hydrogens (tertiary/aromatic N) is 1. The van der Waals surface area contributed by atoms with Crippen molar-refractivity contribution in [1.82, 2.24) is 16.0 Å². The molecule has 0 saturated heterocycles. The molecule has 0 heterocycles. The number of hydrogen-bond acceptors (Lipinski definition) is 4. The number of nitrogens with one attached hydrogen (secondary N) is 3. The highest BCUT2D eigenvalue weighted by Crippen LogP contribution is 2.23. The van der Waals surface area contributed by atoms with Crippen LogP contribution in [0.5, 0.6) is 5.75 Å². The van der Waals surface area contributed by atoms with Gasteiger partial charge in [0.15, 0.2) is 5.96 Å². The second kappa shape index (κ2) is 13.0. The largest absolute Gasteiger partial charge is 0.490 e. The molecule has 0 saturated carbocycles. The Balaban J connectivity index is 2.72. The van der Waals surface area contributed by atoms with E-state index in [9.17, 15) is 4.79 Å². The molecule has 7 nitrogen and oxygen atoms in total. The monoisotopic (exact) mass is 378 g/mol. The Morgan fingerprint density at radius 2 is 2.00 bits per heavy atom. The number of hydrogen-bond donors (Lipinski definition) is 3. The van der Waals surface area contributed by atoms with Gasteiger partial charge in [-0.15, -0.1) is 0 Å². The molecule has 0 aliphatic rings. The zero-order chi connectivity index (χ0) is 20.1. The lowest BCUT2D eigenvalue weighted by Crippen LogP contribution is -2.43. The van der Waals surface area contributed by atoms with Crippen LogP contribution in [0, 0.1) is 6.92 Å². The first-order chi connectivity index (χ1) is 13.0. The molecule has 1 aromatic carbocycles. The Morgan fingerprint density at radius 1 is 1.22 bits per heavy atom. The summed E-state index contributed by atoms with van der Waals surface area (Å²) >= 11 is 0. The second-order valence-electron chi connectivity index (χ2n) is 6.34. The molecule has 0 aliphatic heterocycles.